The van der Waals surface area contributed by atoms with Gasteiger partial charge in [-0.2, -0.15) is 0 Å². The molecule has 0 saturated carbocycles. The van der Waals surface area contributed by atoms with Gasteiger partial charge in [0.25, 0.3) is 0 Å². The molecule has 0 aliphatic carbocycles. The Morgan fingerprint density at radius 2 is 1.17 bits per heavy atom. The van der Waals surface area contributed by atoms with Crippen LogP contribution in [0.2, 0.25) is 0 Å². The number of benzene rings is 1. The number of aromatic hydroxyl groups is 1. The summed E-state index contributed by atoms with van der Waals surface area (Å²) in [6.45, 7) is 32.2. The van der Waals surface area contributed by atoms with Crippen molar-refractivity contribution in [3.8, 4) is 5.75 Å². The molecule has 1 amide bonds. The third-order valence-corrected chi connectivity index (χ3v) is 3.97. The SMILES string of the molecule is C=C(C)N(Cc1cc(C(C)(C)C)c(O)c(C(C)(C)C)c1)C(C)=O.CC.CC.CC. The largest absolute Gasteiger partial charge is 0.507 e. The highest BCUT2D eigenvalue weighted by atomic mass is 16.3. The van der Waals surface area contributed by atoms with Crippen LogP contribution in [0.3, 0.4) is 0 Å². The minimum absolute atomic E-state index is 0.0276. The second-order valence-corrected chi connectivity index (χ2v) is 8.38. The Morgan fingerprint density at radius 1 is 0.862 bits per heavy atom. The molecule has 0 aliphatic rings. The summed E-state index contributed by atoms with van der Waals surface area (Å²) in [5.74, 6) is 0.332. The summed E-state index contributed by atoms with van der Waals surface area (Å²) in [6.07, 6.45) is 0. The zero-order valence-electron chi connectivity index (χ0n) is 21.9. The molecule has 0 unspecified atom stereocenters. The Balaban J connectivity index is -0.00000103. The van der Waals surface area contributed by atoms with Crippen molar-refractivity contribution in [1.82, 2.24) is 4.90 Å². The zero-order chi connectivity index (χ0) is 24.2. The normalized spacial score (nSPS) is 10.3. The molecule has 1 aromatic rings. The van der Waals surface area contributed by atoms with Crippen LogP contribution in [-0.2, 0) is 22.2 Å². The highest BCUT2D eigenvalue weighted by molar-refractivity contribution is 5.75. The second kappa shape index (κ2) is 14.3. The van der Waals surface area contributed by atoms with Crippen LogP contribution >= 0.6 is 0 Å². The predicted molar refractivity (Wildman–Crippen MR) is 131 cm³/mol. The van der Waals surface area contributed by atoms with Gasteiger partial charge in [-0.3, -0.25) is 4.79 Å². The van der Waals surface area contributed by atoms with Crippen LogP contribution in [0.5, 0.6) is 5.75 Å². The van der Waals surface area contributed by atoms with E-state index in [-0.39, 0.29) is 16.7 Å². The van der Waals surface area contributed by atoms with Crippen LogP contribution in [0.1, 0.15) is 114 Å². The highest BCUT2D eigenvalue weighted by Gasteiger charge is 2.27. The molecule has 29 heavy (non-hydrogen) atoms. The van der Waals surface area contributed by atoms with E-state index in [2.05, 4.69) is 48.1 Å². The summed E-state index contributed by atoms with van der Waals surface area (Å²) < 4.78 is 0. The number of carbonyl (C=O) groups excluding carboxylic acids is 1. The smallest absolute Gasteiger partial charge is 0.223 e. The molecule has 170 valence electrons. The molecule has 0 atom stereocenters. The fraction of sp³-hybridized carbons (Fsp3) is 0.654. The molecule has 0 spiro atoms. The zero-order valence-corrected chi connectivity index (χ0v) is 21.9. The van der Waals surface area contributed by atoms with Crippen molar-refractivity contribution < 1.29 is 9.90 Å². The van der Waals surface area contributed by atoms with Crippen LogP contribution in [-0.4, -0.2) is 15.9 Å². The molecule has 0 aliphatic heterocycles. The van der Waals surface area contributed by atoms with Gasteiger partial charge in [0.15, 0.2) is 0 Å². The van der Waals surface area contributed by atoms with Crippen molar-refractivity contribution in [3.05, 3.63) is 41.1 Å². The first-order chi connectivity index (χ1) is 13.2. The number of amides is 1. The van der Waals surface area contributed by atoms with E-state index in [9.17, 15) is 9.90 Å². The number of phenolic OH excluding ortho intramolecular Hbond substituents is 1. The number of nitrogens with zero attached hydrogens (tertiary/aromatic N) is 1. The molecule has 0 radical (unpaired) electrons. The maximum Gasteiger partial charge on any atom is 0.223 e. The quantitative estimate of drug-likeness (QED) is 0.552. The van der Waals surface area contributed by atoms with E-state index >= 15 is 0 Å². The first kappa shape index (κ1) is 31.9. The number of carbonyl (C=O) groups is 1. The molecule has 3 heteroatoms. The summed E-state index contributed by atoms with van der Waals surface area (Å²) in [6, 6.07) is 4.01. The number of hydrogen-bond acceptors (Lipinski definition) is 2. The second-order valence-electron chi connectivity index (χ2n) is 8.38. The lowest BCUT2D eigenvalue weighted by Crippen LogP contribution is -2.26. The summed E-state index contributed by atoms with van der Waals surface area (Å²) in [4.78, 5) is 13.5. The molecule has 0 saturated heterocycles. The number of allylic oxidation sites excluding steroid dienone is 1. The number of phenols is 1. The van der Waals surface area contributed by atoms with Gasteiger partial charge in [0.1, 0.15) is 5.75 Å². The lowest BCUT2D eigenvalue weighted by atomic mass is 9.78. The maximum atomic E-state index is 11.8. The summed E-state index contributed by atoms with van der Waals surface area (Å²) >= 11 is 0. The summed E-state index contributed by atoms with van der Waals surface area (Å²) in [5, 5.41) is 10.7. The average molecular weight is 408 g/mol. The van der Waals surface area contributed by atoms with E-state index in [0.29, 0.717) is 12.3 Å². The Labute approximate surface area is 182 Å². The predicted octanol–water partition coefficient (Wildman–Crippen LogP) is 7.95. The summed E-state index contributed by atoms with van der Waals surface area (Å²) in [5.41, 5.74) is 3.20. The van der Waals surface area contributed by atoms with Gasteiger partial charge in [0, 0.05) is 12.6 Å². The molecule has 1 rings (SSSR count). The topological polar surface area (TPSA) is 40.5 Å². The maximum absolute atomic E-state index is 11.8. The minimum Gasteiger partial charge on any atom is -0.507 e. The van der Waals surface area contributed by atoms with Gasteiger partial charge in [-0.05, 0) is 46.6 Å². The van der Waals surface area contributed by atoms with Crippen molar-refractivity contribution in [2.75, 3.05) is 0 Å². The van der Waals surface area contributed by atoms with E-state index in [1.54, 1.807) is 11.8 Å². The molecule has 3 nitrogen and oxygen atoms in total. The average Bonchev–Trinajstić information content (AvgIpc) is 2.63. The van der Waals surface area contributed by atoms with E-state index in [0.717, 1.165) is 22.4 Å². The molecule has 0 fully saturated rings. The Kier molecular flexibility index (Phi) is 15.7. The Bertz CT molecular complexity index is 568. The lowest BCUT2D eigenvalue weighted by Gasteiger charge is -2.29. The molecule has 0 aromatic heterocycles. The monoisotopic (exact) mass is 407 g/mol. The van der Waals surface area contributed by atoms with Crippen LogP contribution in [0, 0.1) is 0 Å². The van der Waals surface area contributed by atoms with Crippen molar-refractivity contribution in [1.29, 1.82) is 0 Å². The van der Waals surface area contributed by atoms with Gasteiger partial charge in [0.05, 0.1) is 6.54 Å². The van der Waals surface area contributed by atoms with Crippen molar-refractivity contribution in [2.45, 2.75) is 114 Å². The number of rotatable bonds is 3. The van der Waals surface area contributed by atoms with Crippen LogP contribution in [0.25, 0.3) is 0 Å². The molecular formula is C26H49NO2. The van der Waals surface area contributed by atoms with E-state index in [1.807, 2.05) is 60.6 Å². The fourth-order valence-electron chi connectivity index (χ4n) is 2.63. The van der Waals surface area contributed by atoms with E-state index < -0.39 is 0 Å². The van der Waals surface area contributed by atoms with Gasteiger partial charge < -0.3 is 10.0 Å². The molecule has 1 aromatic carbocycles. The van der Waals surface area contributed by atoms with Gasteiger partial charge in [0.2, 0.25) is 5.91 Å². The van der Waals surface area contributed by atoms with E-state index in [4.69, 9.17) is 0 Å². The third kappa shape index (κ3) is 10.5. The molecule has 0 bridgehead atoms. The Hall–Kier alpha value is -1.77. The van der Waals surface area contributed by atoms with Gasteiger partial charge in [-0.15, -0.1) is 0 Å². The summed E-state index contributed by atoms with van der Waals surface area (Å²) in [7, 11) is 0. The van der Waals surface area contributed by atoms with Crippen molar-refractivity contribution in [2.24, 2.45) is 0 Å². The molecular weight excluding hydrogens is 358 g/mol. The standard InChI is InChI=1S/C20H31NO2.3C2H6/c1-13(2)21(14(3)22)12-15-10-16(19(4,5)6)18(23)17(11-15)20(7,8)9;3*1-2/h10-11,23H,1,12H2,2-9H3;3*1-2H3. The first-order valence-electron chi connectivity index (χ1n) is 11.1. The van der Waals surface area contributed by atoms with Crippen LogP contribution < -0.4 is 0 Å². The highest BCUT2D eigenvalue weighted by Crippen LogP contribution is 2.40. The minimum atomic E-state index is -0.176. The van der Waals surface area contributed by atoms with Gasteiger partial charge in [-0.1, -0.05) is 89.7 Å². The fourth-order valence-corrected chi connectivity index (χ4v) is 2.63. The molecule has 1 N–H and O–H groups in total. The third-order valence-electron chi connectivity index (χ3n) is 3.97. The van der Waals surface area contributed by atoms with Gasteiger partial charge >= 0.3 is 0 Å². The van der Waals surface area contributed by atoms with E-state index in [1.165, 1.54) is 0 Å². The van der Waals surface area contributed by atoms with Crippen LogP contribution in [0.15, 0.2) is 24.4 Å². The van der Waals surface area contributed by atoms with Crippen molar-refractivity contribution >= 4 is 5.91 Å². The number of hydrogen-bond donors (Lipinski definition) is 1. The Morgan fingerprint density at radius 3 is 1.38 bits per heavy atom. The first-order valence-corrected chi connectivity index (χ1v) is 11.1. The van der Waals surface area contributed by atoms with Gasteiger partial charge in [-0.25, -0.2) is 0 Å². The molecule has 0 heterocycles. The van der Waals surface area contributed by atoms with Crippen LogP contribution in [0.4, 0.5) is 0 Å². The lowest BCUT2D eigenvalue weighted by molar-refractivity contribution is -0.127. The van der Waals surface area contributed by atoms with Crippen molar-refractivity contribution in [3.63, 3.8) is 0 Å².